The average Bonchev–Trinajstić information content (AvgIpc) is 2.98. The zero-order chi connectivity index (χ0) is 29.6. The average molecular weight is 572 g/mol. The second-order valence-corrected chi connectivity index (χ2v) is 12.1. The maximum atomic E-state index is 12.6. The van der Waals surface area contributed by atoms with Gasteiger partial charge in [0.1, 0.15) is 0 Å². The van der Waals surface area contributed by atoms with Gasteiger partial charge >= 0.3 is 5.97 Å². The van der Waals surface area contributed by atoms with E-state index in [0.717, 1.165) is 25.7 Å². The molecule has 0 aliphatic heterocycles. The van der Waals surface area contributed by atoms with Gasteiger partial charge in [-0.25, -0.2) is 4.79 Å². The molecular weight excluding hydrogens is 506 g/mol. The normalized spacial score (nSPS) is 11.1. The van der Waals surface area contributed by atoms with Crippen LogP contribution in [-0.2, 0) is 9.53 Å². The largest absolute Gasteiger partial charge is 0.462 e. The van der Waals surface area contributed by atoms with Crippen molar-refractivity contribution >= 4 is 17.6 Å². The standard InChI is InChI=1S/C37H65NO3/c1-3-5-7-9-11-13-15-16-17-18-19-20-22-24-26-32-36(39)38-35-31-28-27-30-34(35)37(40)41-33-29-25-23-21-14-12-10-8-6-4-2/h27-28,30-31H,3-26,29,32-33H2,1-2H3,(H,38,39). The van der Waals surface area contributed by atoms with E-state index in [0.29, 0.717) is 24.3 Å². The summed E-state index contributed by atoms with van der Waals surface area (Å²) in [6, 6.07) is 7.20. The molecule has 0 spiro atoms. The summed E-state index contributed by atoms with van der Waals surface area (Å²) in [5.74, 6) is -0.363. The molecule has 236 valence electrons. The van der Waals surface area contributed by atoms with Gasteiger partial charge in [0, 0.05) is 6.42 Å². The van der Waals surface area contributed by atoms with E-state index in [2.05, 4.69) is 19.2 Å². The zero-order valence-electron chi connectivity index (χ0n) is 27.1. The van der Waals surface area contributed by atoms with Crippen LogP contribution in [0.15, 0.2) is 24.3 Å². The molecule has 0 heterocycles. The number of hydrogen-bond acceptors (Lipinski definition) is 3. The number of unbranched alkanes of at least 4 members (excludes halogenated alkanes) is 23. The second kappa shape index (κ2) is 28.3. The lowest BCUT2D eigenvalue weighted by atomic mass is 10.0. The van der Waals surface area contributed by atoms with Crippen molar-refractivity contribution in [2.24, 2.45) is 0 Å². The molecule has 4 nitrogen and oxygen atoms in total. The monoisotopic (exact) mass is 571 g/mol. The van der Waals surface area contributed by atoms with Crippen LogP contribution in [0.5, 0.6) is 0 Å². The van der Waals surface area contributed by atoms with Gasteiger partial charge in [0.2, 0.25) is 5.91 Å². The lowest BCUT2D eigenvalue weighted by Crippen LogP contribution is -2.15. The van der Waals surface area contributed by atoms with Gasteiger partial charge in [0.15, 0.2) is 0 Å². The van der Waals surface area contributed by atoms with Gasteiger partial charge in [-0.05, 0) is 25.0 Å². The van der Waals surface area contributed by atoms with E-state index in [-0.39, 0.29) is 11.9 Å². The Morgan fingerprint density at radius 2 is 0.927 bits per heavy atom. The molecule has 0 aromatic heterocycles. The maximum absolute atomic E-state index is 12.6. The van der Waals surface area contributed by atoms with Gasteiger partial charge in [0.25, 0.3) is 0 Å². The number of nitrogens with one attached hydrogen (secondary N) is 1. The Balaban J connectivity index is 2.06. The molecule has 1 amide bonds. The minimum atomic E-state index is -0.344. The van der Waals surface area contributed by atoms with Crippen LogP contribution in [0, 0.1) is 0 Å². The molecule has 0 atom stereocenters. The zero-order valence-corrected chi connectivity index (χ0v) is 27.1. The Labute approximate surface area is 254 Å². The number of anilines is 1. The van der Waals surface area contributed by atoms with Crippen LogP contribution in [0.2, 0.25) is 0 Å². The van der Waals surface area contributed by atoms with E-state index in [4.69, 9.17) is 4.74 Å². The number of ether oxygens (including phenoxy) is 1. The number of hydrogen-bond donors (Lipinski definition) is 1. The number of esters is 1. The first-order valence-corrected chi connectivity index (χ1v) is 17.7. The van der Waals surface area contributed by atoms with Gasteiger partial charge in [0.05, 0.1) is 17.9 Å². The summed E-state index contributed by atoms with van der Waals surface area (Å²) in [5.41, 5.74) is 1.01. The molecule has 0 unspecified atom stereocenters. The highest BCUT2D eigenvalue weighted by molar-refractivity contribution is 6.01. The van der Waals surface area contributed by atoms with Crippen molar-refractivity contribution in [1.29, 1.82) is 0 Å². The lowest BCUT2D eigenvalue weighted by Gasteiger charge is -2.11. The van der Waals surface area contributed by atoms with E-state index in [1.165, 1.54) is 135 Å². The van der Waals surface area contributed by atoms with Crippen molar-refractivity contribution in [3.05, 3.63) is 29.8 Å². The van der Waals surface area contributed by atoms with Crippen molar-refractivity contribution in [1.82, 2.24) is 0 Å². The van der Waals surface area contributed by atoms with E-state index in [9.17, 15) is 9.59 Å². The summed E-state index contributed by atoms with van der Waals surface area (Å²) in [5, 5.41) is 2.94. The van der Waals surface area contributed by atoms with Gasteiger partial charge in [-0.15, -0.1) is 0 Å². The van der Waals surface area contributed by atoms with Crippen LogP contribution in [0.1, 0.15) is 191 Å². The highest BCUT2D eigenvalue weighted by Gasteiger charge is 2.14. The molecule has 41 heavy (non-hydrogen) atoms. The Bertz CT molecular complexity index is 747. The molecule has 1 aromatic carbocycles. The number of amides is 1. The Kier molecular flexibility index (Phi) is 25.7. The Hall–Kier alpha value is -1.84. The molecule has 4 heteroatoms. The molecule has 0 saturated heterocycles. The fourth-order valence-corrected chi connectivity index (χ4v) is 5.47. The Morgan fingerprint density at radius 3 is 1.39 bits per heavy atom. The third kappa shape index (κ3) is 22.4. The molecule has 1 N–H and O–H groups in total. The maximum Gasteiger partial charge on any atom is 0.340 e. The smallest absolute Gasteiger partial charge is 0.340 e. The summed E-state index contributed by atoms with van der Waals surface area (Å²) in [7, 11) is 0. The first-order valence-electron chi connectivity index (χ1n) is 17.7. The SMILES string of the molecule is CCCCCCCCCCCCCCCCCC(=O)Nc1ccccc1C(=O)OCCCCCCCCCCCC. The molecule has 0 radical (unpaired) electrons. The van der Waals surface area contributed by atoms with E-state index >= 15 is 0 Å². The van der Waals surface area contributed by atoms with Crippen molar-refractivity contribution in [2.75, 3.05) is 11.9 Å². The number of benzene rings is 1. The quantitative estimate of drug-likeness (QED) is 0.0768. The van der Waals surface area contributed by atoms with Crippen LogP contribution in [0.4, 0.5) is 5.69 Å². The first kappa shape index (κ1) is 37.2. The molecule has 1 aromatic rings. The fraction of sp³-hybridized carbons (Fsp3) is 0.784. The van der Waals surface area contributed by atoms with Crippen LogP contribution in [0.25, 0.3) is 0 Å². The Morgan fingerprint density at radius 1 is 0.537 bits per heavy atom. The molecule has 0 bridgehead atoms. The second-order valence-electron chi connectivity index (χ2n) is 12.1. The number of carbonyl (C=O) groups excluding carboxylic acids is 2. The molecule has 0 aliphatic carbocycles. The van der Waals surface area contributed by atoms with Crippen LogP contribution in [-0.4, -0.2) is 18.5 Å². The number of rotatable bonds is 29. The highest BCUT2D eigenvalue weighted by atomic mass is 16.5. The van der Waals surface area contributed by atoms with Crippen molar-refractivity contribution < 1.29 is 14.3 Å². The van der Waals surface area contributed by atoms with Gasteiger partial charge in [-0.2, -0.15) is 0 Å². The fourth-order valence-electron chi connectivity index (χ4n) is 5.47. The van der Waals surface area contributed by atoms with Gasteiger partial charge < -0.3 is 10.1 Å². The molecule has 0 fully saturated rings. The first-order chi connectivity index (χ1) is 20.2. The third-order valence-corrected chi connectivity index (χ3v) is 8.16. The van der Waals surface area contributed by atoms with Gasteiger partial charge in [-0.1, -0.05) is 174 Å². The van der Waals surface area contributed by atoms with E-state index in [1.54, 1.807) is 12.1 Å². The molecule has 0 aliphatic rings. The van der Waals surface area contributed by atoms with Gasteiger partial charge in [-0.3, -0.25) is 4.79 Å². The van der Waals surface area contributed by atoms with Crippen LogP contribution in [0.3, 0.4) is 0 Å². The van der Waals surface area contributed by atoms with E-state index < -0.39 is 0 Å². The van der Waals surface area contributed by atoms with Crippen molar-refractivity contribution in [2.45, 2.75) is 181 Å². The number of para-hydroxylation sites is 1. The molecule has 0 saturated carbocycles. The van der Waals surface area contributed by atoms with Crippen molar-refractivity contribution in [3.63, 3.8) is 0 Å². The topological polar surface area (TPSA) is 55.4 Å². The minimum absolute atomic E-state index is 0.0189. The predicted octanol–water partition coefficient (Wildman–Crippen LogP) is 12.0. The van der Waals surface area contributed by atoms with E-state index in [1.807, 2.05) is 12.1 Å². The molecular formula is C37H65NO3. The summed E-state index contributed by atoms with van der Waals surface area (Å²) in [6.07, 6.45) is 32.7. The number of carbonyl (C=O) groups is 2. The molecule has 1 rings (SSSR count). The van der Waals surface area contributed by atoms with Crippen LogP contribution >= 0.6 is 0 Å². The minimum Gasteiger partial charge on any atom is -0.462 e. The third-order valence-electron chi connectivity index (χ3n) is 8.16. The highest BCUT2D eigenvalue weighted by Crippen LogP contribution is 2.18. The lowest BCUT2D eigenvalue weighted by molar-refractivity contribution is -0.116. The summed E-state index contributed by atoms with van der Waals surface area (Å²) < 4.78 is 5.52. The summed E-state index contributed by atoms with van der Waals surface area (Å²) in [6.45, 7) is 4.97. The summed E-state index contributed by atoms with van der Waals surface area (Å²) >= 11 is 0. The predicted molar refractivity (Wildman–Crippen MR) is 177 cm³/mol. The summed E-state index contributed by atoms with van der Waals surface area (Å²) in [4.78, 5) is 25.2. The van der Waals surface area contributed by atoms with Crippen molar-refractivity contribution in [3.8, 4) is 0 Å². The van der Waals surface area contributed by atoms with Crippen LogP contribution < -0.4 is 5.32 Å².